The molecule has 0 radical (unpaired) electrons. The van der Waals surface area contributed by atoms with Crippen molar-refractivity contribution in [1.82, 2.24) is 10.2 Å². The molecule has 3 N–H and O–H groups in total. The van der Waals surface area contributed by atoms with Crippen LogP contribution >= 0.6 is 0 Å². The number of aromatic amines is 1. The second kappa shape index (κ2) is 4.52. The molecule has 4 heteroatoms. The minimum Gasteiger partial charge on any atom is -0.397 e. The first-order chi connectivity index (χ1) is 8.75. The molecule has 18 heavy (non-hydrogen) atoms. The molecule has 0 amide bonds. The molecule has 4 nitrogen and oxygen atoms in total. The van der Waals surface area contributed by atoms with Crippen molar-refractivity contribution in [3.63, 3.8) is 0 Å². The van der Waals surface area contributed by atoms with Gasteiger partial charge in [0.25, 0.3) is 0 Å². The van der Waals surface area contributed by atoms with Crippen molar-refractivity contribution in [3.8, 4) is 0 Å². The number of hydrogen-bond donors (Lipinski definition) is 2. The van der Waals surface area contributed by atoms with Gasteiger partial charge in [-0.25, -0.2) is 0 Å². The monoisotopic (exact) mass is 244 g/mol. The molecule has 0 spiro atoms. The van der Waals surface area contributed by atoms with Crippen LogP contribution in [-0.4, -0.2) is 23.3 Å². The van der Waals surface area contributed by atoms with Crippen LogP contribution in [0.25, 0.3) is 10.9 Å². The van der Waals surface area contributed by atoms with Crippen molar-refractivity contribution < 1.29 is 0 Å². The maximum atomic E-state index is 6.17. The molecule has 0 aliphatic heterocycles. The van der Waals surface area contributed by atoms with E-state index in [-0.39, 0.29) is 0 Å². The van der Waals surface area contributed by atoms with E-state index in [1.165, 1.54) is 32.1 Å². The first kappa shape index (κ1) is 11.4. The Morgan fingerprint density at radius 1 is 1.28 bits per heavy atom. The van der Waals surface area contributed by atoms with E-state index in [2.05, 4.69) is 28.2 Å². The van der Waals surface area contributed by atoms with Gasteiger partial charge in [-0.05, 0) is 25.0 Å². The van der Waals surface area contributed by atoms with Gasteiger partial charge in [-0.3, -0.25) is 5.10 Å². The zero-order valence-electron chi connectivity index (χ0n) is 10.8. The van der Waals surface area contributed by atoms with Gasteiger partial charge in [-0.15, -0.1) is 0 Å². The quantitative estimate of drug-likeness (QED) is 0.799. The molecule has 3 rings (SSSR count). The first-order valence-electron chi connectivity index (χ1n) is 6.71. The lowest BCUT2D eigenvalue weighted by Gasteiger charge is -2.33. The summed E-state index contributed by atoms with van der Waals surface area (Å²) in [6.45, 7) is 0. The van der Waals surface area contributed by atoms with Gasteiger partial charge < -0.3 is 10.6 Å². The summed E-state index contributed by atoms with van der Waals surface area (Å²) < 4.78 is 0. The SMILES string of the molecule is CN(c1cc2[nH]ncc2cc1N)C1CCCCC1. The van der Waals surface area contributed by atoms with E-state index < -0.39 is 0 Å². The second-order valence-electron chi connectivity index (χ2n) is 5.27. The smallest absolute Gasteiger partial charge is 0.0672 e. The van der Waals surface area contributed by atoms with Crippen LogP contribution in [0.3, 0.4) is 0 Å². The second-order valence-corrected chi connectivity index (χ2v) is 5.27. The van der Waals surface area contributed by atoms with E-state index in [4.69, 9.17) is 5.73 Å². The average molecular weight is 244 g/mol. The van der Waals surface area contributed by atoms with E-state index in [0.717, 1.165) is 22.3 Å². The van der Waals surface area contributed by atoms with Gasteiger partial charge in [0.05, 0.1) is 23.1 Å². The Balaban J connectivity index is 1.94. The van der Waals surface area contributed by atoms with Crippen molar-refractivity contribution in [3.05, 3.63) is 18.3 Å². The van der Waals surface area contributed by atoms with E-state index >= 15 is 0 Å². The Kier molecular flexibility index (Phi) is 2.86. The highest BCUT2D eigenvalue weighted by Crippen LogP contribution is 2.32. The summed E-state index contributed by atoms with van der Waals surface area (Å²) >= 11 is 0. The summed E-state index contributed by atoms with van der Waals surface area (Å²) in [6.07, 6.45) is 8.41. The third-order valence-corrected chi connectivity index (χ3v) is 4.09. The van der Waals surface area contributed by atoms with Gasteiger partial charge in [0.15, 0.2) is 0 Å². The molecule has 0 unspecified atom stereocenters. The van der Waals surface area contributed by atoms with Gasteiger partial charge in [-0.1, -0.05) is 19.3 Å². The van der Waals surface area contributed by atoms with Crippen LogP contribution in [0.2, 0.25) is 0 Å². The highest BCUT2D eigenvalue weighted by molar-refractivity contribution is 5.88. The lowest BCUT2D eigenvalue weighted by atomic mass is 9.94. The Bertz CT molecular complexity index is 540. The Hall–Kier alpha value is -1.71. The Morgan fingerprint density at radius 3 is 2.83 bits per heavy atom. The third-order valence-electron chi connectivity index (χ3n) is 4.09. The van der Waals surface area contributed by atoms with E-state index in [0.29, 0.717) is 6.04 Å². The largest absolute Gasteiger partial charge is 0.397 e. The van der Waals surface area contributed by atoms with Crippen LogP contribution in [0.1, 0.15) is 32.1 Å². The number of fused-ring (bicyclic) bond motifs is 1. The van der Waals surface area contributed by atoms with Gasteiger partial charge in [0, 0.05) is 18.5 Å². The number of nitrogens with zero attached hydrogens (tertiary/aromatic N) is 2. The molecular formula is C14H20N4. The van der Waals surface area contributed by atoms with E-state index in [1.807, 2.05) is 12.3 Å². The molecule has 1 heterocycles. The average Bonchev–Trinajstić information content (AvgIpc) is 2.85. The van der Waals surface area contributed by atoms with Crippen LogP contribution in [0.4, 0.5) is 11.4 Å². The number of hydrogen-bond acceptors (Lipinski definition) is 3. The topological polar surface area (TPSA) is 57.9 Å². The summed E-state index contributed by atoms with van der Waals surface area (Å²) in [6, 6.07) is 4.75. The fourth-order valence-electron chi connectivity index (χ4n) is 2.97. The molecule has 2 aromatic rings. The molecule has 1 saturated carbocycles. The number of aromatic nitrogens is 2. The molecule has 0 bridgehead atoms. The number of nitrogens with two attached hydrogens (primary N) is 1. The first-order valence-corrected chi connectivity index (χ1v) is 6.71. The van der Waals surface area contributed by atoms with Crippen LogP contribution in [0.15, 0.2) is 18.3 Å². The van der Waals surface area contributed by atoms with Gasteiger partial charge >= 0.3 is 0 Å². The molecule has 0 saturated heterocycles. The van der Waals surface area contributed by atoms with Crippen LogP contribution in [0, 0.1) is 0 Å². The lowest BCUT2D eigenvalue weighted by molar-refractivity contribution is 0.428. The van der Waals surface area contributed by atoms with E-state index in [1.54, 1.807) is 0 Å². The summed E-state index contributed by atoms with van der Waals surface area (Å²) in [5, 5.41) is 8.15. The van der Waals surface area contributed by atoms with Crippen molar-refractivity contribution in [2.45, 2.75) is 38.1 Å². The maximum Gasteiger partial charge on any atom is 0.0672 e. The summed E-state index contributed by atoms with van der Waals surface area (Å²) in [5.41, 5.74) is 9.20. The zero-order chi connectivity index (χ0) is 12.5. The number of rotatable bonds is 2. The summed E-state index contributed by atoms with van der Waals surface area (Å²) in [4.78, 5) is 2.34. The van der Waals surface area contributed by atoms with Crippen LogP contribution in [-0.2, 0) is 0 Å². The van der Waals surface area contributed by atoms with Crippen LogP contribution < -0.4 is 10.6 Å². The third kappa shape index (κ3) is 1.92. The minimum absolute atomic E-state index is 0.626. The molecule has 1 aromatic carbocycles. The molecule has 1 fully saturated rings. The summed E-state index contributed by atoms with van der Waals surface area (Å²) in [5.74, 6) is 0. The fraction of sp³-hybridized carbons (Fsp3) is 0.500. The molecular weight excluding hydrogens is 224 g/mol. The predicted octanol–water partition coefficient (Wildman–Crippen LogP) is 2.91. The molecule has 1 aliphatic carbocycles. The van der Waals surface area contributed by atoms with Crippen LogP contribution in [0.5, 0.6) is 0 Å². The number of nitrogen functional groups attached to an aromatic ring is 1. The van der Waals surface area contributed by atoms with Gasteiger partial charge in [0.2, 0.25) is 0 Å². The standard InChI is InChI=1S/C14H20N4/c1-18(11-5-3-2-4-6-11)14-8-13-10(7-12(14)15)9-16-17-13/h7-9,11H,2-6,15H2,1H3,(H,16,17). The molecule has 0 atom stereocenters. The lowest BCUT2D eigenvalue weighted by Crippen LogP contribution is -2.33. The van der Waals surface area contributed by atoms with Crippen molar-refractivity contribution >= 4 is 22.3 Å². The normalized spacial score (nSPS) is 17.2. The Morgan fingerprint density at radius 2 is 2.06 bits per heavy atom. The molecule has 96 valence electrons. The van der Waals surface area contributed by atoms with Crippen molar-refractivity contribution in [2.24, 2.45) is 0 Å². The number of benzene rings is 1. The van der Waals surface area contributed by atoms with E-state index in [9.17, 15) is 0 Å². The van der Waals surface area contributed by atoms with Crippen molar-refractivity contribution in [2.75, 3.05) is 17.7 Å². The maximum absolute atomic E-state index is 6.17. The highest BCUT2D eigenvalue weighted by atomic mass is 15.1. The zero-order valence-corrected chi connectivity index (χ0v) is 10.8. The summed E-state index contributed by atoms with van der Waals surface area (Å²) in [7, 11) is 2.16. The number of H-pyrrole nitrogens is 1. The fourth-order valence-corrected chi connectivity index (χ4v) is 2.97. The Labute approximate surface area is 107 Å². The minimum atomic E-state index is 0.626. The highest BCUT2D eigenvalue weighted by Gasteiger charge is 2.20. The predicted molar refractivity (Wildman–Crippen MR) is 75.8 cm³/mol. The van der Waals surface area contributed by atoms with Gasteiger partial charge in [0.1, 0.15) is 0 Å². The van der Waals surface area contributed by atoms with Gasteiger partial charge in [-0.2, -0.15) is 5.10 Å². The molecule has 1 aliphatic rings. The number of nitrogens with one attached hydrogen (secondary N) is 1. The number of anilines is 2. The molecule has 1 aromatic heterocycles. The van der Waals surface area contributed by atoms with Crippen molar-refractivity contribution in [1.29, 1.82) is 0 Å².